The highest BCUT2D eigenvalue weighted by molar-refractivity contribution is 7.89. The summed E-state index contributed by atoms with van der Waals surface area (Å²) in [4.78, 5) is 15.2. The third kappa shape index (κ3) is 3.47. The average Bonchev–Trinajstić information content (AvgIpc) is 2.94. The van der Waals surface area contributed by atoms with Gasteiger partial charge in [0.25, 0.3) is 5.91 Å². The van der Waals surface area contributed by atoms with Gasteiger partial charge in [-0.25, -0.2) is 8.42 Å². The van der Waals surface area contributed by atoms with Crippen molar-refractivity contribution in [3.05, 3.63) is 59.2 Å². The first kappa shape index (κ1) is 19.2. The Morgan fingerprint density at radius 2 is 1.64 bits per heavy atom. The van der Waals surface area contributed by atoms with Gasteiger partial charge in [-0.2, -0.15) is 4.31 Å². The number of sulfonamides is 1. The van der Waals surface area contributed by atoms with Gasteiger partial charge in [-0.3, -0.25) is 4.79 Å². The average molecular weight is 399 g/mol. The van der Waals surface area contributed by atoms with Crippen LogP contribution in [0.3, 0.4) is 0 Å². The lowest BCUT2D eigenvalue weighted by atomic mass is 10.1. The number of carbonyl (C=O) groups excluding carboxylic acids is 1. The number of nitrogens with zero attached hydrogens (tertiary/aromatic N) is 2. The van der Waals surface area contributed by atoms with E-state index in [1.165, 1.54) is 5.56 Å². The van der Waals surface area contributed by atoms with Crippen molar-refractivity contribution in [1.29, 1.82) is 0 Å². The molecule has 0 radical (unpaired) electrons. The van der Waals surface area contributed by atoms with Crippen LogP contribution in [0.5, 0.6) is 0 Å². The molecule has 2 aromatic rings. The van der Waals surface area contributed by atoms with Crippen LogP contribution < -0.4 is 4.90 Å². The third-order valence-corrected chi connectivity index (χ3v) is 7.62. The van der Waals surface area contributed by atoms with E-state index in [9.17, 15) is 13.2 Å². The highest BCUT2D eigenvalue weighted by Crippen LogP contribution is 2.33. The zero-order chi connectivity index (χ0) is 19.7. The van der Waals surface area contributed by atoms with Crippen LogP contribution in [0.4, 0.5) is 5.69 Å². The van der Waals surface area contributed by atoms with E-state index >= 15 is 0 Å². The van der Waals surface area contributed by atoms with Gasteiger partial charge >= 0.3 is 0 Å². The van der Waals surface area contributed by atoms with Crippen molar-refractivity contribution in [3.63, 3.8) is 0 Å². The molecule has 1 amide bonds. The molecular formula is C22H26N2O3S. The van der Waals surface area contributed by atoms with Crippen molar-refractivity contribution >= 4 is 21.6 Å². The molecule has 0 saturated carbocycles. The maximum atomic E-state index is 13.2. The molecule has 0 bridgehead atoms. The molecule has 0 aromatic heterocycles. The van der Waals surface area contributed by atoms with E-state index in [1.807, 2.05) is 19.1 Å². The first-order chi connectivity index (χ1) is 13.5. The Balaban J connectivity index is 1.64. The van der Waals surface area contributed by atoms with E-state index in [0.29, 0.717) is 25.2 Å². The van der Waals surface area contributed by atoms with Gasteiger partial charge in [-0.15, -0.1) is 0 Å². The highest BCUT2D eigenvalue weighted by atomic mass is 32.2. The smallest absolute Gasteiger partial charge is 0.258 e. The molecule has 0 unspecified atom stereocenters. The Labute approximate surface area is 167 Å². The molecule has 1 saturated heterocycles. The number of rotatable bonds is 3. The van der Waals surface area contributed by atoms with Crippen LogP contribution in [-0.2, 0) is 16.4 Å². The zero-order valence-electron chi connectivity index (χ0n) is 16.2. The SMILES string of the molecule is Cc1cccc2c1N(C(=O)c1cccc(S(=O)(=O)N3CCCCCC3)c1)CC2. The van der Waals surface area contributed by atoms with Crippen LogP contribution >= 0.6 is 0 Å². The van der Waals surface area contributed by atoms with E-state index in [0.717, 1.165) is 43.4 Å². The van der Waals surface area contributed by atoms with Crippen molar-refractivity contribution in [2.75, 3.05) is 24.5 Å². The molecule has 6 heteroatoms. The maximum absolute atomic E-state index is 13.2. The third-order valence-electron chi connectivity index (χ3n) is 5.72. The minimum Gasteiger partial charge on any atom is -0.307 e. The molecule has 2 heterocycles. The number of carbonyl (C=O) groups is 1. The van der Waals surface area contributed by atoms with E-state index in [1.54, 1.807) is 33.5 Å². The lowest BCUT2D eigenvalue weighted by Gasteiger charge is -2.22. The minimum atomic E-state index is -3.57. The Bertz CT molecular complexity index is 993. The molecule has 0 N–H and O–H groups in total. The number of hydrogen-bond donors (Lipinski definition) is 0. The number of aryl methyl sites for hydroxylation is 1. The van der Waals surface area contributed by atoms with Crippen molar-refractivity contribution in [3.8, 4) is 0 Å². The summed E-state index contributed by atoms with van der Waals surface area (Å²) in [5, 5.41) is 0. The molecule has 28 heavy (non-hydrogen) atoms. The van der Waals surface area contributed by atoms with Gasteiger partial charge in [-0.05, 0) is 55.5 Å². The molecule has 1 fully saturated rings. The summed E-state index contributed by atoms with van der Waals surface area (Å²) in [6.07, 6.45) is 4.74. The molecule has 148 valence electrons. The van der Waals surface area contributed by atoms with Crippen molar-refractivity contribution in [1.82, 2.24) is 4.31 Å². The van der Waals surface area contributed by atoms with Crippen LogP contribution in [0.15, 0.2) is 47.4 Å². The predicted molar refractivity (Wildman–Crippen MR) is 110 cm³/mol. The summed E-state index contributed by atoms with van der Waals surface area (Å²) in [5.41, 5.74) is 3.62. The van der Waals surface area contributed by atoms with Gasteiger partial charge in [0.1, 0.15) is 0 Å². The Morgan fingerprint density at radius 1 is 0.929 bits per heavy atom. The number of fused-ring (bicyclic) bond motifs is 1. The van der Waals surface area contributed by atoms with E-state index in [-0.39, 0.29) is 10.8 Å². The molecule has 0 atom stereocenters. The summed E-state index contributed by atoms with van der Waals surface area (Å²) >= 11 is 0. The quantitative estimate of drug-likeness (QED) is 0.791. The summed E-state index contributed by atoms with van der Waals surface area (Å²) in [7, 11) is -3.57. The van der Waals surface area contributed by atoms with E-state index in [2.05, 4.69) is 6.07 Å². The number of amides is 1. The molecule has 0 spiro atoms. The van der Waals surface area contributed by atoms with E-state index in [4.69, 9.17) is 0 Å². The number of anilines is 1. The van der Waals surface area contributed by atoms with Crippen molar-refractivity contribution in [2.24, 2.45) is 0 Å². The van der Waals surface area contributed by atoms with Gasteiger partial charge in [0.15, 0.2) is 0 Å². The molecule has 0 aliphatic carbocycles. The van der Waals surface area contributed by atoms with Gasteiger partial charge < -0.3 is 4.90 Å². The van der Waals surface area contributed by atoms with E-state index < -0.39 is 10.0 Å². The minimum absolute atomic E-state index is 0.138. The Kier molecular flexibility index (Phi) is 5.25. The van der Waals surface area contributed by atoms with Crippen LogP contribution in [0.1, 0.15) is 47.2 Å². The largest absolute Gasteiger partial charge is 0.307 e. The summed E-state index contributed by atoms with van der Waals surface area (Å²) in [6.45, 7) is 3.74. The highest BCUT2D eigenvalue weighted by Gasteiger charge is 2.29. The normalized spacial score (nSPS) is 18.0. The zero-order valence-corrected chi connectivity index (χ0v) is 17.0. The van der Waals surface area contributed by atoms with Gasteiger partial charge in [-0.1, -0.05) is 37.1 Å². The second-order valence-corrected chi connectivity index (χ2v) is 9.57. The molecule has 2 aliphatic heterocycles. The second kappa shape index (κ2) is 7.68. The van der Waals surface area contributed by atoms with Crippen LogP contribution in [-0.4, -0.2) is 38.3 Å². The monoisotopic (exact) mass is 398 g/mol. The van der Waals surface area contributed by atoms with Crippen LogP contribution in [0.2, 0.25) is 0 Å². The summed E-state index contributed by atoms with van der Waals surface area (Å²) in [5.74, 6) is -0.138. The lowest BCUT2D eigenvalue weighted by Crippen LogP contribution is -2.32. The maximum Gasteiger partial charge on any atom is 0.258 e. The Hall–Kier alpha value is -2.18. The lowest BCUT2D eigenvalue weighted by molar-refractivity contribution is 0.0989. The molecule has 2 aromatic carbocycles. The first-order valence-corrected chi connectivity index (χ1v) is 11.4. The van der Waals surface area contributed by atoms with Gasteiger partial charge in [0.05, 0.1) is 10.6 Å². The Morgan fingerprint density at radius 3 is 2.39 bits per heavy atom. The van der Waals surface area contributed by atoms with Crippen molar-refractivity contribution in [2.45, 2.75) is 43.9 Å². The first-order valence-electron chi connectivity index (χ1n) is 9.99. The fourth-order valence-electron chi connectivity index (χ4n) is 4.23. The fraction of sp³-hybridized carbons (Fsp3) is 0.409. The summed E-state index contributed by atoms with van der Waals surface area (Å²) < 4.78 is 27.7. The molecule has 5 nitrogen and oxygen atoms in total. The van der Waals surface area contributed by atoms with Crippen molar-refractivity contribution < 1.29 is 13.2 Å². The van der Waals surface area contributed by atoms with Crippen LogP contribution in [0, 0.1) is 6.92 Å². The summed E-state index contributed by atoms with van der Waals surface area (Å²) in [6, 6.07) is 12.6. The molecular weight excluding hydrogens is 372 g/mol. The predicted octanol–water partition coefficient (Wildman–Crippen LogP) is 3.76. The van der Waals surface area contributed by atoms with Gasteiger partial charge in [0.2, 0.25) is 10.0 Å². The molecule has 2 aliphatic rings. The fourth-order valence-corrected chi connectivity index (χ4v) is 5.79. The standard InChI is InChI=1S/C22H26N2O3S/c1-17-8-6-9-18-12-15-24(21(17)18)22(25)19-10-7-11-20(16-19)28(26,27)23-13-4-2-3-5-14-23/h6-11,16H,2-5,12-15H2,1H3. The molecule has 4 rings (SSSR count). The number of benzene rings is 2. The topological polar surface area (TPSA) is 57.7 Å². The van der Waals surface area contributed by atoms with Crippen LogP contribution in [0.25, 0.3) is 0 Å². The second-order valence-electron chi connectivity index (χ2n) is 7.64. The number of para-hydroxylation sites is 1. The number of hydrogen-bond acceptors (Lipinski definition) is 3. The van der Waals surface area contributed by atoms with Gasteiger partial charge in [0, 0.05) is 25.2 Å².